The van der Waals surface area contributed by atoms with E-state index in [1.165, 1.54) is 11.8 Å². The van der Waals surface area contributed by atoms with Crippen molar-refractivity contribution < 1.29 is 19.1 Å². The van der Waals surface area contributed by atoms with Gasteiger partial charge in [0.2, 0.25) is 5.91 Å². The Labute approximate surface area is 204 Å². The fraction of sp³-hybridized carbons (Fsp3) is 0.273. The summed E-state index contributed by atoms with van der Waals surface area (Å²) in [6, 6.07) is 3.67. The monoisotopic (exact) mass is 500 g/mol. The first-order valence-electron chi connectivity index (χ1n) is 10.2. The van der Waals surface area contributed by atoms with Gasteiger partial charge in [-0.3, -0.25) is 19.1 Å². The molecule has 3 aromatic heterocycles. The maximum atomic E-state index is 12.7. The molecule has 0 saturated heterocycles. The van der Waals surface area contributed by atoms with Gasteiger partial charge in [-0.25, -0.2) is 4.79 Å². The van der Waals surface area contributed by atoms with E-state index >= 15 is 0 Å². The molecule has 3 heterocycles. The zero-order valence-electron chi connectivity index (χ0n) is 18.9. The number of carbonyl (C=O) groups is 3. The summed E-state index contributed by atoms with van der Waals surface area (Å²) in [5.41, 5.74) is 6.72. The summed E-state index contributed by atoms with van der Waals surface area (Å²) < 4.78 is 7.10. The minimum Gasteiger partial charge on any atom is -0.459 e. The third-order valence-corrected chi connectivity index (χ3v) is 6.64. The lowest BCUT2D eigenvalue weighted by Gasteiger charge is -2.10. The molecule has 3 rings (SSSR count). The molecule has 10 nitrogen and oxygen atoms in total. The number of thiophene rings is 1. The average Bonchev–Trinajstić information content (AvgIpc) is 3.33. The Bertz CT molecular complexity index is 1220. The Hall–Kier alpha value is -3.51. The van der Waals surface area contributed by atoms with Gasteiger partial charge in [0.1, 0.15) is 5.00 Å². The van der Waals surface area contributed by atoms with Crippen LogP contribution in [0.25, 0.3) is 11.4 Å². The fourth-order valence-corrected chi connectivity index (χ4v) is 4.86. The van der Waals surface area contributed by atoms with Crippen LogP contribution in [0.2, 0.25) is 0 Å². The number of aromatic nitrogens is 4. The maximum absolute atomic E-state index is 12.7. The first-order valence-corrected chi connectivity index (χ1v) is 12.0. The zero-order chi connectivity index (χ0) is 24.8. The normalized spacial score (nSPS) is 10.8. The minimum atomic E-state index is -0.684. The highest BCUT2D eigenvalue weighted by Crippen LogP contribution is 2.34. The number of thioether (sulfide) groups is 1. The van der Waals surface area contributed by atoms with E-state index in [2.05, 4.69) is 27.1 Å². The van der Waals surface area contributed by atoms with Crippen LogP contribution in [-0.2, 0) is 16.1 Å². The maximum Gasteiger partial charge on any atom is 0.341 e. The van der Waals surface area contributed by atoms with Gasteiger partial charge in [-0.05, 0) is 38.5 Å². The first kappa shape index (κ1) is 25.1. The van der Waals surface area contributed by atoms with Gasteiger partial charge in [-0.1, -0.05) is 17.8 Å². The number of nitrogens with zero attached hydrogens (tertiary/aromatic N) is 4. The molecule has 0 bridgehead atoms. The number of hydrogen-bond donors (Lipinski definition) is 2. The van der Waals surface area contributed by atoms with Crippen LogP contribution in [0.5, 0.6) is 0 Å². The number of allylic oxidation sites excluding steroid dienone is 1. The molecule has 178 valence electrons. The Morgan fingerprint density at radius 3 is 2.74 bits per heavy atom. The number of anilines is 1. The van der Waals surface area contributed by atoms with Gasteiger partial charge in [0.05, 0.1) is 22.3 Å². The molecule has 2 amide bonds. The van der Waals surface area contributed by atoms with E-state index in [0.717, 1.165) is 16.9 Å². The van der Waals surface area contributed by atoms with Crippen molar-refractivity contribution in [2.75, 3.05) is 11.1 Å². The van der Waals surface area contributed by atoms with Crippen molar-refractivity contribution in [1.82, 2.24) is 19.7 Å². The molecule has 3 N–H and O–H groups in total. The van der Waals surface area contributed by atoms with E-state index in [0.29, 0.717) is 23.1 Å². The molecule has 0 atom stereocenters. The van der Waals surface area contributed by atoms with E-state index in [-0.39, 0.29) is 27.3 Å². The van der Waals surface area contributed by atoms with Crippen LogP contribution in [0.15, 0.2) is 42.3 Å². The van der Waals surface area contributed by atoms with Crippen molar-refractivity contribution in [1.29, 1.82) is 0 Å². The third-order valence-electron chi connectivity index (χ3n) is 4.45. The van der Waals surface area contributed by atoms with Crippen LogP contribution >= 0.6 is 23.1 Å². The van der Waals surface area contributed by atoms with Crippen molar-refractivity contribution in [3.05, 3.63) is 53.2 Å². The molecule has 0 radical (unpaired) electrons. The number of nitrogens with two attached hydrogens (primary N) is 1. The van der Waals surface area contributed by atoms with E-state index < -0.39 is 17.8 Å². The van der Waals surface area contributed by atoms with Crippen LogP contribution in [0, 0.1) is 6.92 Å². The average molecular weight is 501 g/mol. The molecule has 12 heteroatoms. The summed E-state index contributed by atoms with van der Waals surface area (Å²) in [7, 11) is 0. The Morgan fingerprint density at radius 1 is 1.35 bits per heavy atom. The quantitative estimate of drug-likeness (QED) is 0.245. The molecule has 0 aliphatic carbocycles. The molecule has 34 heavy (non-hydrogen) atoms. The summed E-state index contributed by atoms with van der Waals surface area (Å²) in [5, 5.41) is 11.9. The first-order chi connectivity index (χ1) is 16.2. The van der Waals surface area contributed by atoms with Crippen molar-refractivity contribution in [2.45, 2.75) is 38.6 Å². The van der Waals surface area contributed by atoms with Gasteiger partial charge < -0.3 is 15.8 Å². The fourth-order valence-electron chi connectivity index (χ4n) is 3.05. The van der Waals surface area contributed by atoms with Crippen molar-refractivity contribution in [3.63, 3.8) is 0 Å². The molecule has 0 aliphatic rings. The predicted octanol–water partition coefficient (Wildman–Crippen LogP) is 3.29. The van der Waals surface area contributed by atoms with Gasteiger partial charge in [-0.15, -0.1) is 28.1 Å². The lowest BCUT2D eigenvalue weighted by atomic mass is 10.1. The van der Waals surface area contributed by atoms with E-state index in [1.54, 1.807) is 45.3 Å². The second-order valence-corrected chi connectivity index (χ2v) is 9.33. The number of amides is 2. The molecule has 0 aromatic carbocycles. The number of ether oxygens (including phenoxy) is 1. The molecule has 0 spiro atoms. The lowest BCUT2D eigenvalue weighted by molar-refractivity contribution is -0.113. The summed E-state index contributed by atoms with van der Waals surface area (Å²) >= 11 is 2.12. The standard InChI is InChI=1S/C22H24N6O4S2/c1-5-9-28-19(14-7-6-8-24-10-14)26-27-22(28)33-11-15(29)25-20-16(21(31)32-12(2)3)13(4)17(34-20)18(23)30/h5-8,10,12H,1,9,11H2,2-4H3,(H2,23,30)(H,25,29). The SMILES string of the molecule is C=CCn1c(SCC(=O)Nc2sc(C(N)=O)c(C)c2C(=O)OC(C)C)nnc1-c1cccnc1. The van der Waals surface area contributed by atoms with Crippen LogP contribution in [0.1, 0.15) is 39.4 Å². The number of pyridine rings is 1. The molecular formula is C22H24N6O4S2. The summed E-state index contributed by atoms with van der Waals surface area (Å²) in [5.74, 6) is -1.11. The summed E-state index contributed by atoms with van der Waals surface area (Å²) in [6.07, 6.45) is 4.68. The van der Waals surface area contributed by atoms with Gasteiger partial charge >= 0.3 is 5.97 Å². The smallest absolute Gasteiger partial charge is 0.341 e. The number of nitrogens with one attached hydrogen (secondary N) is 1. The highest BCUT2D eigenvalue weighted by Gasteiger charge is 2.26. The van der Waals surface area contributed by atoms with Crippen LogP contribution in [-0.4, -0.2) is 49.4 Å². The van der Waals surface area contributed by atoms with Crippen molar-refractivity contribution in [3.8, 4) is 11.4 Å². The molecule has 0 unspecified atom stereocenters. The number of carbonyl (C=O) groups excluding carboxylic acids is 3. The highest BCUT2D eigenvalue weighted by molar-refractivity contribution is 7.99. The Morgan fingerprint density at radius 2 is 2.12 bits per heavy atom. The Kier molecular flexibility index (Phi) is 8.18. The lowest BCUT2D eigenvalue weighted by Crippen LogP contribution is -2.18. The molecule has 0 fully saturated rings. The Balaban J connectivity index is 1.79. The van der Waals surface area contributed by atoms with E-state index in [1.807, 2.05) is 10.6 Å². The largest absolute Gasteiger partial charge is 0.459 e. The third kappa shape index (κ3) is 5.69. The van der Waals surface area contributed by atoms with Gasteiger partial charge in [0.25, 0.3) is 5.91 Å². The van der Waals surface area contributed by atoms with Crippen LogP contribution in [0.3, 0.4) is 0 Å². The number of hydrogen-bond acceptors (Lipinski definition) is 9. The topological polar surface area (TPSA) is 142 Å². The number of esters is 1. The second-order valence-electron chi connectivity index (χ2n) is 7.36. The van der Waals surface area contributed by atoms with E-state index in [4.69, 9.17) is 10.5 Å². The van der Waals surface area contributed by atoms with Gasteiger partial charge in [-0.2, -0.15) is 0 Å². The summed E-state index contributed by atoms with van der Waals surface area (Å²) in [6.45, 7) is 9.23. The van der Waals surface area contributed by atoms with Crippen molar-refractivity contribution >= 4 is 45.9 Å². The minimum absolute atomic E-state index is 0.0101. The zero-order valence-corrected chi connectivity index (χ0v) is 20.5. The molecule has 0 aliphatic heterocycles. The van der Waals surface area contributed by atoms with Gasteiger partial charge in [0.15, 0.2) is 11.0 Å². The molecule has 3 aromatic rings. The number of primary amides is 1. The van der Waals surface area contributed by atoms with Crippen LogP contribution < -0.4 is 11.1 Å². The molecular weight excluding hydrogens is 476 g/mol. The number of rotatable bonds is 10. The predicted molar refractivity (Wildman–Crippen MR) is 131 cm³/mol. The van der Waals surface area contributed by atoms with E-state index in [9.17, 15) is 14.4 Å². The highest BCUT2D eigenvalue weighted by atomic mass is 32.2. The van der Waals surface area contributed by atoms with Gasteiger partial charge in [0, 0.05) is 24.5 Å². The molecule has 0 saturated carbocycles. The summed E-state index contributed by atoms with van der Waals surface area (Å²) in [4.78, 5) is 41.4. The second kappa shape index (κ2) is 11.1. The van der Waals surface area contributed by atoms with Crippen molar-refractivity contribution in [2.24, 2.45) is 5.73 Å². The van der Waals surface area contributed by atoms with Crippen LogP contribution in [0.4, 0.5) is 5.00 Å².